The van der Waals surface area contributed by atoms with Crippen LogP contribution in [0.25, 0.3) is 0 Å². The van der Waals surface area contributed by atoms with Crippen molar-refractivity contribution in [3.8, 4) is 0 Å². The number of nitrogens with zero attached hydrogens (tertiary/aromatic N) is 1. The van der Waals surface area contributed by atoms with Crippen molar-refractivity contribution in [1.29, 1.82) is 0 Å². The second kappa shape index (κ2) is 6.76. The largest absolute Gasteiger partial charge is 0.381 e. The van der Waals surface area contributed by atoms with Crippen molar-refractivity contribution in [2.75, 3.05) is 26.4 Å². The standard InChI is InChI=1S/C17H26N2O3S/c1-2-15-19-14-5-3-4-13(16(14)23-15)18-10-12-11-21-17(22-12)6-8-20-9-7-17/h12-13,18H,2-11H2,1H3/t12-,13+/m1/s1. The third-order valence-corrected chi connectivity index (χ3v) is 6.41. The number of hydrogen-bond acceptors (Lipinski definition) is 6. The van der Waals surface area contributed by atoms with E-state index in [0.29, 0.717) is 12.6 Å². The highest BCUT2D eigenvalue weighted by molar-refractivity contribution is 7.11. The zero-order valence-corrected chi connectivity index (χ0v) is 14.6. The van der Waals surface area contributed by atoms with Crippen molar-refractivity contribution >= 4 is 11.3 Å². The topological polar surface area (TPSA) is 52.6 Å². The number of hydrogen-bond donors (Lipinski definition) is 1. The molecule has 128 valence electrons. The third-order valence-electron chi connectivity index (χ3n) is 5.06. The summed E-state index contributed by atoms with van der Waals surface area (Å²) in [5.74, 6) is -0.373. The molecule has 3 aliphatic rings. The lowest BCUT2D eigenvalue weighted by Crippen LogP contribution is -2.39. The molecule has 2 atom stereocenters. The summed E-state index contributed by atoms with van der Waals surface area (Å²) < 4.78 is 17.6. The van der Waals surface area contributed by atoms with Gasteiger partial charge in [0, 0.05) is 30.3 Å². The Bertz CT molecular complexity index is 542. The molecule has 0 radical (unpaired) electrons. The van der Waals surface area contributed by atoms with Crippen molar-refractivity contribution in [1.82, 2.24) is 10.3 Å². The molecule has 2 fully saturated rings. The molecular weight excluding hydrogens is 312 g/mol. The molecule has 0 saturated carbocycles. The lowest BCUT2D eigenvalue weighted by molar-refractivity contribution is -0.210. The molecule has 0 amide bonds. The maximum atomic E-state index is 6.22. The molecule has 1 aromatic rings. The summed E-state index contributed by atoms with van der Waals surface area (Å²) in [7, 11) is 0. The second-order valence-corrected chi connectivity index (χ2v) is 7.81. The normalized spacial score (nSPS) is 29.8. The minimum Gasteiger partial charge on any atom is -0.381 e. The summed E-state index contributed by atoms with van der Waals surface area (Å²) in [5, 5.41) is 4.98. The molecule has 0 bridgehead atoms. The summed E-state index contributed by atoms with van der Waals surface area (Å²) in [5.41, 5.74) is 1.32. The van der Waals surface area contributed by atoms with Gasteiger partial charge in [0.15, 0.2) is 5.79 Å². The number of nitrogens with one attached hydrogen (secondary N) is 1. The van der Waals surface area contributed by atoms with Gasteiger partial charge in [0.1, 0.15) is 0 Å². The predicted molar refractivity (Wildman–Crippen MR) is 88.8 cm³/mol. The third kappa shape index (κ3) is 3.33. The van der Waals surface area contributed by atoms with Crippen LogP contribution in [0, 0.1) is 0 Å². The molecule has 1 N–H and O–H groups in total. The molecule has 1 aromatic heterocycles. The van der Waals surface area contributed by atoms with E-state index < -0.39 is 0 Å². The van der Waals surface area contributed by atoms with E-state index in [1.165, 1.54) is 28.4 Å². The Morgan fingerprint density at radius 2 is 2.22 bits per heavy atom. The predicted octanol–water partition coefficient (Wildman–Crippen LogP) is 2.59. The molecule has 4 rings (SSSR count). The molecule has 5 nitrogen and oxygen atoms in total. The van der Waals surface area contributed by atoms with Gasteiger partial charge in [0.05, 0.1) is 36.6 Å². The van der Waals surface area contributed by atoms with E-state index in [1.807, 2.05) is 11.3 Å². The smallest absolute Gasteiger partial charge is 0.173 e. The number of rotatable bonds is 4. The minimum absolute atomic E-state index is 0.150. The Morgan fingerprint density at radius 3 is 3.04 bits per heavy atom. The summed E-state index contributed by atoms with van der Waals surface area (Å²) >= 11 is 1.89. The van der Waals surface area contributed by atoms with E-state index in [2.05, 4.69) is 12.2 Å². The van der Waals surface area contributed by atoms with E-state index in [-0.39, 0.29) is 11.9 Å². The Labute approximate surface area is 141 Å². The van der Waals surface area contributed by atoms with Gasteiger partial charge in [-0.05, 0) is 25.7 Å². The van der Waals surface area contributed by atoms with Crippen LogP contribution in [0.15, 0.2) is 0 Å². The summed E-state index contributed by atoms with van der Waals surface area (Å²) in [6.45, 7) is 5.21. The summed E-state index contributed by atoms with van der Waals surface area (Å²) in [6, 6.07) is 0.436. The van der Waals surface area contributed by atoms with Crippen molar-refractivity contribution in [2.24, 2.45) is 0 Å². The van der Waals surface area contributed by atoms with Crippen molar-refractivity contribution in [3.63, 3.8) is 0 Å². The van der Waals surface area contributed by atoms with E-state index in [9.17, 15) is 0 Å². The molecule has 23 heavy (non-hydrogen) atoms. The fourth-order valence-electron chi connectivity index (χ4n) is 3.75. The van der Waals surface area contributed by atoms with Gasteiger partial charge in [-0.3, -0.25) is 0 Å². The molecule has 3 heterocycles. The zero-order chi connectivity index (χ0) is 15.7. The lowest BCUT2D eigenvalue weighted by atomic mass is 9.98. The van der Waals surface area contributed by atoms with Gasteiger partial charge in [-0.1, -0.05) is 6.92 Å². The molecule has 1 aliphatic carbocycles. The fraction of sp³-hybridized carbons (Fsp3) is 0.824. The van der Waals surface area contributed by atoms with Crippen molar-refractivity contribution in [3.05, 3.63) is 15.6 Å². The Morgan fingerprint density at radius 1 is 1.35 bits per heavy atom. The first-order chi connectivity index (χ1) is 11.3. The van der Waals surface area contributed by atoms with Crippen LogP contribution < -0.4 is 5.32 Å². The first-order valence-corrected chi connectivity index (χ1v) is 9.71. The highest BCUT2D eigenvalue weighted by Gasteiger charge is 2.42. The first-order valence-electron chi connectivity index (χ1n) is 8.89. The monoisotopic (exact) mass is 338 g/mol. The highest BCUT2D eigenvalue weighted by Crippen LogP contribution is 2.36. The molecule has 0 unspecified atom stereocenters. The van der Waals surface area contributed by atoms with Gasteiger partial charge in [-0.2, -0.15) is 0 Å². The maximum absolute atomic E-state index is 6.22. The maximum Gasteiger partial charge on any atom is 0.173 e. The Hall–Kier alpha value is -0.530. The number of aryl methyl sites for hydroxylation is 2. The summed E-state index contributed by atoms with van der Waals surface area (Å²) in [6.07, 6.45) is 6.45. The SMILES string of the molecule is CCc1nc2c(s1)[C@@H](NC[C@@H]1COC3(CCOCC3)O1)CCC2. The van der Waals surface area contributed by atoms with E-state index in [4.69, 9.17) is 19.2 Å². The van der Waals surface area contributed by atoms with Crippen LogP contribution in [0.1, 0.15) is 54.2 Å². The Kier molecular flexibility index (Phi) is 4.70. The molecular formula is C17H26N2O3S. The molecule has 2 saturated heterocycles. The second-order valence-electron chi connectivity index (χ2n) is 6.70. The van der Waals surface area contributed by atoms with E-state index in [0.717, 1.165) is 45.4 Å². The minimum atomic E-state index is -0.373. The van der Waals surface area contributed by atoms with Crippen molar-refractivity contribution in [2.45, 2.75) is 63.4 Å². The molecule has 0 aromatic carbocycles. The van der Waals surface area contributed by atoms with Crippen LogP contribution in [0.5, 0.6) is 0 Å². The van der Waals surface area contributed by atoms with Gasteiger partial charge >= 0.3 is 0 Å². The van der Waals surface area contributed by atoms with Gasteiger partial charge in [-0.15, -0.1) is 11.3 Å². The van der Waals surface area contributed by atoms with Gasteiger partial charge in [0.2, 0.25) is 0 Å². The molecule has 1 spiro atoms. The number of aromatic nitrogens is 1. The van der Waals surface area contributed by atoms with Crippen LogP contribution >= 0.6 is 11.3 Å². The highest BCUT2D eigenvalue weighted by atomic mass is 32.1. The van der Waals surface area contributed by atoms with Crippen LogP contribution in [-0.4, -0.2) is 43.2 Å². The van der Waals surface area contributed by atoms with Crippen LogP contribution in [0.3, 0.4) is 0 Å². The quantitative estimate of drug-likeness (QED) is 0.914. The number of fused-ring (bicyclic) bond motifs is 1. The molecule has 2 aliphatic heterocycles. The first kappa shape index (κ1) is 16.0. The van der Waals surface area contributed by atoms with Gasteiger partial charge in [-0.25, -0.2) is 4.98 Å². The van der Waals surface area contributed by atoms with E-state index in [1.54, 1.807) is 0 Å². The van der Waals surface area contributed by atoms with Gasteiger partial charge in [0.25, 0.3) is 0 Å². The average molecular weight is 338 g/mol. The fourth-order valence-corrected chi connectivity index (χ4v) is 4.91. The lowest BCUT2D eigenvalue weighted by Gasteiger charge is -2.32. The van der Waals surface area contributed by atoms with Gasteiger partial charge < -0.3 is 19.5 Å². The van der Waals surface area contributed by atoms with Crippen molar-refractivity contribution < 1.29 is 14.2 Å². The number of thiazole rings is 1. The average Bonchev–Trinajstić information content (AvgIpc) is 3.18. The molecule has 6 heteroatoms. The number of ether oxygens (including phenoxy) is 3. The van der Waals surface area contributed by atoms with E-state index >= 15 is 0 Å². The summed E-state index contributed by atoms with van der Waals surface area (Å²) in [4.78, 5) is 6.23. The van der Waals surface area contributed by atoms with Crippen LogP contribution in [0.2, 0.25) is 0 Å². The zero-order valence-electron chi connectivity index (χ0n) is 13.8. The van der Waals surface area contributed by atoms with Crippen LogP contribution in [0.4, 0.5) is 0 Å². The Balaban J connectivity index is 1.34. The van der Waals surface area contributed by atoms with Crippen LogP contribution in [-0.2, 0) is 27.1 Å².